The van der Waals surface area contributed by atoms with Gasteiger partial charge in [0.2, 0.25) is 0 Å². The molecular formula is C26H28F3N3O. The van der Waals surface area contributed by atoms with E-state index < -0.39 is 17.2 Å². The Balaban J connectivity index is 1.37. The minimum absolute atomic E-state index is 0.0364. The van der Waals surface area contributed by atoms with Gasteiger partial charge in [-0.1, -0.05) is 42.5 Å². The topological polar surface area (TPSA) is 49.2 Å². The molecule has 7 heteroatoms. The quantitative estimate of drug-likeness (QED) is 0.549. The minimum Gasteiger partial charge on any atom is -0.396 e. The van der Waals surface area contributed by atoms with Gasteiger partial charge in [-0.2, -0.15) is 13.2 Å². The highest BCUT2D eigenvalue weighted by Gasteiger charge is 2.35. The van der Waals surface area contributed by atoms with Crippen LogP contribution in [0.3, 0.4) is 0 Å². The molecular weight excluding hydrogens is 427 g/mol. The number of nitrogens with zero attached hydrogens (tertiary/aromatic N) is 3. The molecule has 1 fully saturated rings. The molecule has 1 aliphatic heterocycles. The number of hydrogen-bond donors (Lipinski definition) is 1. The van der Waals surface area contributed by atoms with E-state index in [0.717, 1.165) is 48.7 Å². The summed E-state index contributed by atoms with van der Waals surface area (Å²) in [6.45, 7) is 4.23. The molecule has 1 aliphatic rings. The molecule has 0 bridgehead atoms. The fourth-order valence-electron chi connectivity index (χ4n) is 4.52. The van der Waals surface area contributed by atoms with Crippen LogP contribution < -0.4 is 0 Å². The number of benzene rings is 2. The van der Waals surface area contributed by atoms with Gasteiger partial charge in [-0.05, 0) is 61.9 Å². The summed E-state index contributed by atoms with van der Waals surface area (Å²) in [5.41, 5.74) is 2.74. The normalized spacial score (nSPS) is 16.6. The highest BCUT2D eigenvalue weighted by molar-refractivity contribution is 5.59. The molecule has 2 aromatic carbocycles. The monoisotopic (exact) mass is 455 g/mol. The van der Waals surface area contributed by atoms with Crippen molar-refractivity contribution in [1.82, 2.24) is 14.9 Å². The van der Waals surface area contributed by atoms with Crippen molar-refractivity contribution < 1.29 is 18.3 Å². The zero-order valence-electron chi connectivity index (χ0n) is 18.6. The molecule has 33 heavy (non-hydrogen) atoms. The lowest BCUT2D eigenvalue weighted by atomic mass is 9.74. The largest absolute Gasteiger partial charge is 0.416 e. The Morgan fingerprint density at radius 2 is 1.67 bits per heavy atom. The molecule has 3 aromatic rings. The molecule has 1 aromatic heterocycles. The van der Waals surface area contributed by atoms with Gasteiger partial charge in [0.15, 0.2) is 5.82 Å². The highest BCUT2D eigenvalue weighted by Crippen LogP contribution is 2.37. The number of rotatable bonds is 6. The maximum absolute atomic E-state index is 13.1. The predicted octanol–water partition coefficient (Wildman–Crippen LogP) is 5.29. The van der Waals surface area contributed by atoms with Crippen LogP contribution in [0, 0.1) is 12.3 Å². The van der Waals surface area contributed by atoms with E-state index in [4.69, 9.17) is 0 Å². The van der Waals surface area contributed by atoms with Crippen molar-refractivity contribution in [3.05, 3.63) is 83.2 Å². The van der Waals surface area contributed by atoms with Crippen LogP contribution in [0.15, 0.2) is 60.9 Å². The van der Waals surface area contributed by atoms with Crippen molar-refractivity contribution in [1.29, 1.82) is 0 Å². The smallest absolute Gasteiger partial charge is 0.396 e. The number of hydrogen-bond acceptors (Lipinski definition) is 4. The van der Waals surface area contributed by atoms with E-state index >= 15 is 0 Å². The lowest BCUT2D eigenvalue weighted by molar-refractivity contribution is -0.137. The van der Waals surface area contributed by atoms with Gasteiger partial charge in [-0.3, -0.25) is 4.90 Å². The molecule has 0 unspecified atom stereocenters. The Morgan fingerprint density at radius 3 is 2.30 bits per heavy atom. The van der Waals surface area contributed by atoms with Crippen molar-refractivity contribution in [2.75, 3.05) is 19.7 Å². The lowest BCUT2D eigenvalue weighted by Crippen LogP contribution is -2.42. The van der Waals surface area contributed by atoms with E-state index in [1.807, 2.05) is 43.6 Å². The number of aliphatic hydroxyl groups excluding tert-OH is 1. The van der Waals surface area contributed by atoms with Crippen molar-refractivity contribution in [3.8, 4) is 11.4 Å². The summed E-state index contributed by atoms with van der Waals surface area (Å²) in [4.78, 5) is 11.4. The Hall–Kier alpha value is -2.77. The van der Waals surface area contributed by atoms with Crippen LogP contribution in [0.5, 0.6) is 0 Å². The molecule has 1 saturated heterocycles. The second kappa shape index (κ2) is 9.61. The van der Waals surface area contributed by atoms with Gasteiger partial charge >= 0.3 is 6.18 Å². The van der Waals surface area contributed by atoms with Crippen LogP contribution in [0.1, 0.15) is 35.1 Å². The van der Waals surface area contributed by atoms with E-state index in [-0.39, 0.29) is 6.61 Å². The van der Waals surface area contributed by atoms with E-state index in [1.165, 1.54) is 12.1 Å². The first-order chi connectivity index (χ1) is 15.8. The molecule has 4 rings (SSSR count). The Morgan fingerprint density at radius 1 is 0.970 bits per heavy atom. The molecule has 0 atom stereocenters. The van der Waals surface area contributed by atoms with Gasteiger partial charge in [0.25, 0.3) is 0 Å². The first kappa shape index (κ1) is 23.4. The molecule has 0 saturated carbocycles. The van der Waals surface area contributed by atoms with E-state index in [2.05, 4.69) is 14.9 Å². The molecule has 1 N–H and O–H groups in total. The van der Waals surface area contributed by atoms with Gasteiger partial charge in [0.1, 0.15) is 0 Å². The fourth-order valence-corrected chi connectivity index (χ4v) is 4.52. The Bertz CT molecular complexity index is 1070. The van der Waals surface area contributed by atoms with Crippen LogP contribution in [0.2, 0.25) is 0 Å². The average molecular weight is 456 g/mol. The van der Waals surface area contributed by atoms with E-state index in [1.54, 1.807) is 6.07 Å². The van der Waals surface area contributed by atoms with Gasteiger partial charge in [-0.25, -0.2) is 9.97 Å². The average Bonchev–Trinajstić information content (AvgIpc) is 2.81. The molecule has 0 radical (unpaired) electrons. The zero-order chi connectivity index (χ0) is 23.5. The van der Waals surface area contributed by atoms with Crippen molar-refractivity contribution in [3.63, 3.8) is 0 Å². The van der Waals surface area contributed by atoms with Gasteiger partial charge in [0, 0.05) is 36.7 Å². The number of halogens is 3. The number of piperidine rings is 1. The molecule has 0 aliphatic carbocycles. The molecule has 0 spiro atoms. The van der Waals surface area contributed by atoms with E-state index in [0.29, 0.717) is 24.4 Å². The summed E-state index contributed by atoms with van der Waals surface area (Å²) >= 11 is 0. The van der Waals surface area contributed by atoms with E-state index in [9.17, 15) is 18.3 Å². The van der Waals surface area contributed by atoms with Crippen molar-refractivity contribution in [2.24, 2.45) is 5.41 Å². The second-order valence-corrected chi connectivity index (χ2v) is 9.04. The fraction of sp³-hybridized carbons (Fsp3) is 0.385. The standard InChI is InChI=1S/C26H28F3N3O/c1-19-5-2-3-8-23(19)24-30-15-21(16-31-24)17-32-11-9-25(18-33,10-12-32)14-20-6-4-7-22(13-20)26(27,28)29/h2-8,13,15-16,33H,9-12,14,17-18H2,1H3. The number of aryl methyl sites for hydroxylation is 1. The van der Waals surface area contributed by atoms with Crippen LogP contribution in [0.25, 0.3) is 11.4 Å². The summed E-state index contributed by atoms with van der Waals surface area (Å²) in [5.74, 6) is 0.705. The summed E-state index contributed by atoms with van der Waals surface area (Å²) < 4.78 is 39.2. The number of aromatic nitrogens is 2. The summed E-state index contributed by atoms with van der Waals surface area (Å²) in [6.07, 6.45) is 1.23. The van der Waals surface area contributed by atoms with Crippen LogP contribution >= 0.6 is 0 Å². The van der Waals surface area contributed by atoms with Crippen molar-refractivity contribution in [2.45, 2.75) is 38.9 Å². The third-order valence-corrected chi connectivity index (χ3v) is 6.58. The summed E-state index contributed by atoms with van der Waals surface area (Å²) in [6, 6.07) is 13.5. The third-order valence-electron chi connectivity index (χ3n) is 6.58. The zero-order valence-corrected chi connectivity index (χ0v) is 18.6. The number of alkyl halides is 3. The van der Waals surface area contributed by atoms with Crippen molar-refractivity contribution >= 4 is 0 Å². The van der Waals surface area contributed by atoms with Crippen LogP contribution in [-0.2, 0) is 19.1 Å². The van der Waals surface area contributed by atoms with Gasteiger partial charge < -0.3 is 5.11 Å². The lowest BCUT2D eigenvalue weighted by Gasteiger charge is -2.41. The molecule has 4 nitrogen and oxygen atoms in total. The highest BCUT2D eigenvalue weighted by atomic mass is 19.4. The third kappa shape index (κ3) is 5.60. The molecule has 0 amide bonds. The SMILES string of the molecule is Cc1ccccc1-c1ncc(CN2CCC(CO)(Cc3cccc(C(F)(F)F)c3)CC2)cn1. The summed E-state index contributed by atoms with van der Waals surface area (Å²) in [7, 11) is 0. The Labute approximate surface area is 192 Å². The van der Waals surface area contributed by atoms with Gasteiger partial charge in [-0.15, -0.1) is 0 Å². The number of likely N-dealkylation sites (tertiary alicyclic amines) is 1. The minimum atomic E-state index is -4.36. The number of aliphatic hydroxyl groups is 1. The summed E-state index contributed by atoms with van der Waals surface area (Å²) in [5, 5.41) is 10.1. The second-order valence-electron chi connectivity index (χ2n) is 9.04. The first-order valence-corrected chi connectivity index (χ1v) is 11.1. The first-order valence-electron chi connectivity index (χ1n) is 11.1. The van der Waals surface area contributed by atoms with Crippen LogP contribution in [0.4, 0.5) is 13.2 Å². The molecule has 2 heterocycles. The van der Waals surface area contributed by atoms with Gasteiger partial charge in [0.05, 0.1) is 5.56 Å². The maximum atomic E-state index is 13.1. The Kier molecular flexibility index (Phi) is 6.81. The molecule has 174 valence electrons. The maximum Gasteiger partial charge on any atom is 0.416 e. The predicted molar refractivity (Wildman–Crippen MR) is 121 cm³/mol. The van der Waals surface area contributed by atoms with Crippen LogP contribution in [-0.4, -0.2) is 39.7 Å².